The van der Waals surface area contributed by atoms with Crippen molar-refractivity contribution in [2.24, 2.45) is 5.92 Å². The van der Waals surface area contributed by atoms with Crippen LogP contribution in [0.1, 0.15) is 62.4 Å². The second kappa shape index (κ2) is 9.54. The van der Waals surface area contributed by atoms with E-state index in [9.17, 15) is 9.59 Å². The van der Waals surface area contributed by atoms with Crippen LogP contribution in [0.5, 0.6) is 5.75 Å². The van der Waals surface area contributed by atoms with Gasteiger partial charge in [-0.3, -0.25) is 9.59 Å². The third-order valence-electron chi connectivity index (χ3n) is 6.55. The number of hydrogen-bond acceptors (Lipinski definition) is 3. The molecule has 2 aliphatic rings. The number of carbonyl (C=O) groups is 2. The number of carbonyl (C=O) groups excluding carboxylic acids is 2. The number of ether oxygens (including phenoxy) is 1. The van der Waals surface area contributed by atoms with E-state index in [0.717, 1.165) is 29.0 Å². The van der Waals surface area contributed by atoms with E-state index in [4.69, 9.17) is 4.74 Å². The number of rotatable bonds is 6. The predicted molar refractivity (Wildman–Crippen MR) is 118 cm³/mol. The van der Waals surface area contributed by atoms with E-state index in [1.807, 2.05) is 41.0 Å². The number of hydrogen-bond donors (Lipinski definition) is 1. The first-order chi connectivity index (χ1) is 14.6. The number of fused-ring (bicyclic) bond motifs is 1. The second-order valence-corrected chi connectivity index (χ2v) is 8.58. The summed E-state index contributed by atoms with van der Waals surface area (Å²) in [6.45, 7) is 5.00. The molecule has 2 amide bonds. The zero-order valence-corrected chi connectivity index (χ0v) is 18.0. The van der Waals surface area contributed by atoms with Crippen LogP contribution in [-0.4, -0.2) is 59.4 Å². The van der Waals surface area contributed by atoms with E-state index in [2.05, 4.69) is 4.98 Å². The van der Waals surface area contributed by atoms with Crippen LogP contribution < -0.4 is 4.74 Å². The number of nitrogens with one attached hydrogen (secondary N) is 1. The SMILES string of the molecule is CCOc1ccc2cc(C(=O)N3CCN(C(=O)CCC4CCCCC4)CC3)[nH]c2c1. The maximum Gasteiger partial charge on any atom is 0.270 e. The van der Waals surface area contributed by atoms with Crippen molar-refractivity contribution in [3.05, 3.63) is 30.0 Å². The fraction of sp³-hybridized carbons (Fsp3) is 0.583. The lowest BCUT2D eigenvalue weighted by molar-refractivity contribution is -0.133. The van der Waals surface area contributed by atoms with Gasteiger partial charge in [-0.1, -0.05) is 32.1 Å². The van der Waals surface area contributed by atoms with Crippen LogP contribution in [-0.2, 0) is 4.79 Å². The number of aromatic amines is 1. The van der Waals surface area contributed by atoms with E-state index < -0.39 is 0 Å². The van der Waals surface area contributed by atoms with Crippen LogP contribution in [0.3, 0.4) is 0 Å². The van der Waals surface area contributed by atoms with Crippen LogP contribution >= 0.6 is 0 Å². The molecule has 1 aromatic heterocycles. The van der Waals surface area contributed by atoms with Gasteiger partial charge in [0.15, 0.2) is 0 Å². The first kappa shape index (κ1) is 20.8. The topological polar surface area (TPSA) is 65.6 Å². The van der Waals surface area contributed by atoms with Gasteiger partial charge in [-0.2, -0.15) is 0 Å². The molecular weight excluding hydrogens is 378 g/mol. The molecule has 2 heterocycles. The molecule has 2 aromatic rings. The molecule has 0 radical (unpaired) electrons. The van der Waals surface area contributed by atoms with Crippen molar-refractivity contribution in [2.45, 2.75) is 51.9 Å². The molecule has 1 aromatic carbocycles. The number of H-pyrrole nitrogens is 1. The summed E-state index contributed by atoms with van der Waals surface area (Å²) < 4.78 is 5.54. The van der Waals surface area contributed by atoms with Gasteiger partial charge in [0, 0.05) is 49.6 Å². The minimum atomic E-state index is -0.00142. The van der Waals surface area contributed by atoms with Crippen LogP contribution in [0.25, 0.3) is 10.9 Å². The molecule has 0 atom stereocenters. The summed E-state index contributed by atoms with van der Waals surface area (Å²) in [6, 6.07) is 7.72. The average Bonchev–Trinajstić information content (AvgIpc) is 3.21. The molecule has 2 fully saturated rings. The van der Waals surface area contributed by atoms with Gasteiger partial charge in [0.25, 0.3) is 5.91 Å². The van der Waals surface area contributed by atoms with Crippen molar-refractivity contribution in [2.75, 3.05) is 32.8 Å². The van der Waals surface area contributed by atoms with Crippen molar-refractivity contribution in [1.29, 1.82) is 0 Å². The average molecular weight is 412 g/mol. The summed E-state index contributed by atoms with van der Waals surface area (Å²) in [5, 5.41) is 0.998. The Labute approximate surface area is 178 Å². The molecule has 1 aliphatic carbocycles. The van der Waals surface area contributed by atoms with Gasteiger partial charge in [-0.15, -0.1) is 0 Å². The van der Waals surface area contributed by atoms with Crippen molar-refractivity contribution in [1.82, 2.24) is 14.8 Å². The minimum absolute atomic E-state index is 0.00142. The molecule has 162 valence electrons. The van der Waals surface area contributed by atoms with Gasteiger partial charge in [-0.25, -0.2) is 0 Å². The Kier molecular flexibility index (Phi) is 6.60. The summed E-state index contributed by atoms with van der Waals surface area (Å²) in [5.74, 6) is 1.78. The lowest BCUT2D eigenvalue weighted by Crippen LogP contribution is -2.50. The van der Waals surface area contributed by atoms with E-state index in [-0.39, 0.29) is 11.8 Å². The van der Waals surface area contributed by atoms with Gasteiger partial charge >= 0.3 is 0 Å². The Bertz CT molecular complexity index is 877. The van der Waals surface area contributed by atoms with E-state index >= 15 is 0 Å². The highest BCUT2D eigenvalue weighted by molar-refractivity contribution is 5.98. The monoisotopic (exact) mass is 411 g/mol. The molecule has 30 heavy (non-hydrogen) atoms. The van der Waals surface area contributed by atoms with Crippen molar-refractivity contribution in [3.8, 4) is 5.75 Å². The molecule has 0 bridgehead atoms. The first-order valence-electron chi connectivity index (χ1n) is 11.5. The number of piperazine rings is 1. The smallest absolute Gasteiger partial charge is 0.270 e. The Morgan fingerprint density at radius 2 is 1.77 bits per heavy atom. The number of amides is 2. The quantitative estimate of drug-likeness (QED) is 0.774. The molecule has 6 heteroatoms. The van der Waals surface area contributed by atoms with Crippen molar-refractivity contribution in [3.63, 3.8) is 0 Å². The molecule has 1 aliphatic heterocycles. The fourth-order valence-electron chi connectivity index (χ4n) is 4.77. The highest BCUT2D eigenvalue weighted by atomic mass is 16.5. The van der Waals surface area contributed by atoms with E-state index in [1.165, 1.54) is 32.1 Å². The third kappa shape index (κ3) is 4.79. The molecule has 1 N–H and O–H groups in total. The number of aromatic nitrogens is 1. The zero-order valence-electron chi connectivity index (χ0n) is 18.0. The Hall–Kier alpha value is -2.50. The first-order valence-corrected chi connectivity index (χ1v) is 11.5. The largest absolute Gasteiger partial charge is 0.494 e. The van der Waals surface area contributed by atoms with Gasteiger partial charge < -0.3 is 19.5 Å². The minimum Gasteiger partial charge on any atom is -0.494 e. The maximum absolute atomic E-state index is 12.9. The molecule has 4 rings (SSSR count). The predicted octanol–water partition coefficient (Wildman–Crippen LogP) is 4.21. The van der Waals surface area contributed by atoms with Gasteiger partial charge in [-0.05, 0) is 37.5 Å². The van der Waals surface area contributed by atoms with Gasteiger partial charge in [0.05, 0.1) is 6.61 Å². The summed E-state index contributed by atoms with van der Waals surface area (Å²) in [7, 11) is 0. The Morgan fingerprint density at radius 1 is 1.03 bits per heavy atom. The molecule has 0 spiro atoms. The van der Waals surface area contributed by atoms with E-state index in [0.29, 0.717) is 44.9 Å². The van der Waals surface area contributed by atoms with E-state index in [1.54, 1.807) is 0 Å². The molecule has 0 unspecified atom stereocenters. The summed E-state index contributed by atoms with van der Waals surface area (Å²) in [4.78, 5) is 32.6. The Morgan fingerprint density at radius 3 is 2.50 bits per heavy atom. The summed E-state index contributed by atoms with van der Waals surface area (Å²) in [5.41, 5.74) is 1.50. The second-order valence-electron chi connectivity index (χ2n) is 8.58. The van der Waals surface area contributed by atoms with Gasteiger partial charge in [0.1, 0.15) is 11.4 Å². The number of nitrogens with zero attached hydrogens (tertiary/aromatic N) is 2. The number of benzene rings is 1. The Balaban J connectivity index is 1.29. The lowest BCUT2D eigenvalue weighted by atomic mass is 9.86. The summed E-state index contributed by atoms with van der Waals surface area (Å²) >= 11 is 0. The van der Waals surface area contributed by atoms with Crippen LogP contribution in [0.2, 0.25) is 0 Å². The zero-order chi connectivity index (χ0) is 20.9. The summed E-state index contributed by atoms with van der Waals surface area (Å²) in [6.07, 6.45) is 8.24. The molecule has 1 saturated heterocycles. The fourth-order valence-corrected chi connectivity index (χ4v) is 4.77. The molecular formula is C24H33N3O3. The molecule has 1 saturated carbocycles. The maximum atomic E-state index is 12.9. The van der Waals surface area contributed by atoms with Crippen LogP contribution in [0.15, 0.2) is 24.3 Å². The lowest BCUT2D eigenvalue weighted by Gasteiger charge is -2.35. The van der Waals surface area contributed by atoms with Crippen molar-refractivity contribution >= 4 is 22.7 Å². The highest BCUT2D eigenvalue weighted by Crippen LogP contribution is 2.27. The molecule has 6 nitrogen and oxygen atoms in total. The van der Waals surface area contributed by atoms with Crippen LogP contribution in [0.4, 0.5) is 0 Å². The normalized spacial score (nSPS) is 18.0. The third-order valence-corrected chi connectivity index (χ3v) is 6.55. The van der Waals surface area contributed by atoms with Gasteiger partial charge in [0.2, 0.25) is 5.91 Å². The van der Waals surface area contributed by atoms with Crippen molar-refractivity contribution < 1.29 is 14.3 Å². The highest BCUT2D eigenvalue weighted by Gasteiger charge is 2.26. The van der Waals surface area contributed by atoms with Crippen LogP contribution in [0, 0.1) is 5.92 Å². The standard InChI is InChI=1S/C24H33N3O3/c1-2-30-20-10-9-19-16-22(25-21(19)17-20)24(29)27-14-12-26(13-15-27)23(28)11-8-18-6-4-3-5-7-18/h9-10,16-18,25H,2-8,11-15H2,1H3.